The van der Waals surface area contributed by atoms with Gasteiger partial charge in [-0.1, -0.05) is 11.6 Å². The molecular weight excluding hydrogens is 279 g/mol. The van der Waals surface area contributed by atoms with E-state index in [9.17, 15) is 9.50 Å². The second kappa shape index (κ2) is 6.85. The smallest absolute Gasteiger partial charge is 0.123 e. The fourth-order valence-corrected chi connectivity index (χ4v) is 2.91. The Bertz CT molecular complexity index is 455. The molecule has 0 radical (unpaired) electrons. The maximum Gasteiger partial charge on any atom is 0.123 e. The lowest BCUT2D eigenvalue weighted by Gasteiger charge is -2.40. The number of piperazine rings is 1. The second-order valence-electron chi connectivity index (χ2n) is 5.66. The van der Waals surface area contributed by atoms with Crippen LogP contribution in [0, 0.1) is 5.82 Å². The van der Waals surface area contributed by atoms with Crippen LogP contribution in [0.4, 0.5) is 4.39 Å². The highest BCUT2D eigenvalue weighted by Crippen LogP contribution is 2.21. The third-order valence-electron chi connectivity index (χ3n) is 3.75. The number of aliphatic hydroxyl groups is 1. The van der Waals surface area contributed by atoms with Gasteiger partial charge in [0.1, 0.15) is 5.82 Å². The first kappa shape index (κ1) is 15.7. The zero-order valence-corrected chi connectivity index (χ0v) is 12.8. The topological polar surface area (TPSA) is 26.7 Å². The molecule has 1 aliphatic rings. The third-order valence-corrected chi connectivity index (χ3v) is 4.12. The molecule has 0 bridgehead atoms. The molecule has 2 rings (SSSR count). The Hall–Kier alpha value is -0.680. The SMILES string of the molecule is CC(O)CN1CCN(Cc2cc(F)ccc2Cl)C(C)C1. The number of hydrogen-bond acceptors (Lipinski definition) is 3. The summed E-state index contributed by atoms with van der Waals surface area (Å²) in [5, 5.41) is 10.1. The first-order chi connectivity index (χ1) is 9.45. The third kappa shape index (κ3) is 4.16. The average molecular weight is 301 g/mol. The van der Waals surface area contributed by atoms with Gasteiger partial charge in [-0.25, -0.2) is 4.39 Å². The van der Waals surface area contributed by atoms with E-state index in [0.717, 1.165) is 25.2 Å². The lowest BCUT2D eigenvalue weighted by atomic mass is 10.1. The largest absolute Gasteiger partial charge is 0.392 e. The van der Waals surface area contributed by atoms with Crippen LogP contribution < -0.4 is 0 Å². The molecule has 1 heterocycles. The van der Waals surface area contributed by atoms with Crippen LogP contribution in [0.1, 0.15) is 19.4 Å². The van der Waals surface area contributed by atoms with Crippen LogP contribution in [0.2, 0.25) is 5.02 Å². The van der Waals surface area contributed by atoms with Gasteiger partial charge in [0.05, 0.1) is 6.10 Å². The van der Waals surface area contributed by atoms with Gasteiger partial charge in [0, 0.05) is 43.8 Å². The molecule has 0 aromatic heterocycles. The van der Waals surface area contributed by atoms with Crippen molar-refractivity contribution in [1.29, 1.82) is 0 Å². The van der Waals surface area contributed by atoms with Gasteiger partial charge < -0.3 is 5.11 Å². The summed E-state index contributed by atoms with van der Waals surface area (Å²) in [7, 11) is 0. The first-order valence-electron chi connectivity index (χ1n) is 7.04. The molecule has 112 valence electrons. The molecular formula is C15H22ClFN2O. The summed E-state index contributed by atoms with van der Waals surface area (Å²) in [6.07, 6.45) is -0.300. The number of rotatable bonds is 4. The molecule has 1 fully saturated rings. The molecule has 0 aliphatic carbocycles. The summed E-state index contributed by atoms with van der Waals surface area (Å²) in [5.41, 5.74) is 0.836. The van der Waals surface area contributed by atoms with Crippen molar-refractivity contribution in [3.63, 3.8) is 0 Å². The number of benzene rings is 1. The molecule has 3 nitrogen and oxygen atoms in total. The van der Waals surface area contributed by atoms with Crippen LogP contribution in [0.25, 0.3) is 0 Å². The summed E-state index contributed by atoms with van der Waals surface area (Å²) < 4.78 is 13.3. The van der Waals surface area contributed by atoms with Gasteiger partial charge in [-0.05, 0) is 37.6 Å². The first-order valence-corrected chi connectivity index (χ1v) is 7.42. The van der Waals surface area contributed by atoms with E-state index in [1.807, 2.05) is 6.92 Å². The highest BCUT2D eigenvalue weighted by Gasteiger charge is 2.24. The van der Waals surface area contributed by atoms with E-state index in [4.69, 9.17) is 11.6 Å². The monoisotopic (exact) mass is 300 g/mol. The minimum absolute atomic E-state index is 0.246. The maximum atomic E-state index is 13.3. The molecule has 1 aromatic rings. The van der Waals surface area contributed by atoms with Gasteiger partial charge in [-0.15, -0.1) is 0 Å². The Balaban J connectivity index is 1.96. The normalized spacial score (nSPS) is 22.9. The van der Waals surface area contributed by atoms with Crippen LogP contribution in [-0.2, 0) is 6.54 Å². The standard InChI is InChI=1S/C15H22ClFN2O/c1-11-8-18(9-12(2)20)5-6-19(11)10-13-7-14(17)3-4-15(13)16/h3-4,7,11-12,20H,5-6,8-10H2,1-2H3. The molecule has 20 heavy (non-hydrogen) atoms. The zero-order chi connectivity index (χ0) is 14.7. The quantitative estimate of drug-likeness (QED) is 0.925. The van der Waals surface area contributed by atoms with Gasteiger partial charge in [0.15, 0.2) is 0 Å². The Morgan fingerprint density at radius 1 is 1.45 bits per heavy atom. The van der Waals surface area contributed by atoms with E-state index in [-0.39, 0.29) is 11.9 Å². The molecule has 0 spiro atoms. The number of halogens is 2. The molecule has 1 N–H and O–H groups in total. The van der Waals surface area contributed by atoms with E-state index < -0.39 is 0 Å². The molecule has 2 unspecified atom stereocenters. The lowest BCUT2D eigenvalue weighted by Crippen LogP contribution is -2.52. The van der Waals surface area contributed by atoms with Crippen LogP contribution >= 0.6 is 11.6 Å². The minimum atomic E-state index is -0.300. The molecule has 1 saturated heterocycles. The van der Waals surface area contributed by atoms with Gasteiger partial charge in [-0.3, -0.25) is 9.80 Å². The average Bonchev–Trinajstić information content (AvgIpc) is 2.36. The number of β-amino-alcohol motifs (C(OH)–C–C–N with tert-alkyl or cyclic N) is 1. The predicted octanol–water partition coefficient (Wildman–Crippen LogP) is 2.37. The summed E-state index contributed by atoms with van der Waals surface area (Å²) in [6.45, 7) is 8.07. The number of aliphatic hydroxyl groups excluding tert-OH is 1. The Labute approximate surface area is 124 Å². The van der Waals surface area contributed by atoms with Gasteiger partial charge >= 0.3 is 0 Å². The number of nitrogens with zero attached hydrogens (tertiary/aromatic N) is 2. The van der Waals surface area contributed by atoms with Crippen molar-refractivity contribution in [3.8, 4) is 0 Å². The van der Waals surface area contributed by atoms with Crippen molar-refractivity contribution in [3.05, 3.63) is 34.6 Å². The fourth-order valence-electron chi connectivity index (χ4n) is 2.73. The van der Waals surface area contributed by atoms with Crippen molar-refractivity contribution in [2.75, 3.05) is 26.2 Å². The summed E-state index contributed by atoms with van der Waals surface area (Å²) in [4.78, 5) is 4.57. The Morgan fingerprint density at radius 2 is 2.20 bits per heavy atom. The van der Waals surface area contributed by atoms with Crippen LogP contribution in [0.5, 0.6) is 0 Å². The van der Waals surface area contributed by atoms with Crippen molar-refractivity contribution < 1.29 is 9.50 Å². The maximum absolute atomic E-state index is 13.3. The molecule has 0 saturated carbocycles. The van der Waals surface area contributed by atoms with Gasteiger partial charge in [-0.2, -0.15) is 0 Å². The van der Waals surface area contributed by atoms with Crippen molar-refractivity contribution >= 4 is 11.6 Å². The highest BCUT2D eigenvalue weighted by atomic mass is 35.5. The van der Waals surface area contributed by atoms with Crippen molar-refractivity contribution in [2.24, 2.45) is 0 Å². The van der Waals surface area contributed by atoms with Crippen molar-refractivity contribution in [1.82, 2.24) is 9.80 Å². The molecule has 1 aromatic carbocycles. The van der Waals surface area contributed by atoms with Crippen molar-refractivity contribution in [2.45, 2.75) is 32.5 Å². The summed E-state index contributed by atoms with van der Waals surface area (Å²) >= 11 is 6.12. The molecule has 2 atom stereocenters. The predicted molar refractivity (Wildman–Crippen MR) is 79.4 cm³/mol. The van der Waals surface area contributed by atoms with E-state index in [1.165, 1.54) is 12.1 Å². The number of hydrogen-bond donors (Lipinski definition) is 1. The summed E-state index contributed by atoms with van der Waals surface area (Å²) in [6, 6.07) is 4.87. The molecule has 5 heteroatoms. The zero-order valence-electron chi connectivity index (χ0n) is 12.0. The molecule has 1 aliphatic heterocycles. The Morgan fingerprint density at radius 3 is 2.85 bits per heavy atom. The highest BCUT2D eigenvalue weighted by molar-refractivity contribution is 6.31. The van der Waals surface area contributed by atoms with E-state index in [1.54, 1.807) is 6.07 Å². The minimum Gasteiger partial charge on any atom is -0.392 e. The lowest BCUT2D eigenvalue weighted by molar-refractivity contribution is 0.0472. The van der Waals surface area contributed by atoms with Crippen LogP contribution in [-0.4, -0.2) is 53.2 Å². The van der Waals surface area contributed by atoms with E-state index in [2.05, 4.69) is 16.7 Å². The van der Waals surface area contributed by atoms with Gasteiger partial charge in [0.25, 0.3) is 0 Å². The second-order valence-corrected chi connectivity index (χ2v) is 6.07. The van der Waals surface area contributed by atoms with Crippen LogP contribution in [0.3, 0.4) is 0 Å². The van der Waals surface area contributed by atoms with E-state index >= 15 is 0 Å². The fraction of sp³-hybridized carbons (Fsp3) is 0.600. The molecule has 0 amide bonds. The van der Waals surface area contributed by atoms with Gasteiger partial charge in [0.2, 0.25) is 0 Å². The summed E-state index contributed by atoms with van der Waals surface area (Å²) in [5.74, 6) is -0.246. The Kier molecular flexibility index (Phi) is 5.38. The van der Waals surface area contributed by atoms with Crippen LogP contribution in [0.15, 0.2) is 18.2 Å². The van der Waals surface area contributed by atoms with E-state index in [0.29, 0.717) is 24.2 Å².